The van der Waals surface area contributed by atoms with Crippen LogP contribution >= 0.6 is 23.1 Å². The van der Waals surface area contributed by atoms with Crippen molar-refractivity contribution >= 4 is 49.9 Å². The van der Waals surface area contributed by atoms with Gasteiger partial charge in [0.25, 0.3) is 0 Å². The maximum Gasteiger partial charge on any atom is 0.241 e. The van der Waals surface area contributed by atoms with Gasteiger partial charge in [0.05, 0.1) is 16.7 Å². The first-order valence-corrected chi connectivity index (χ1v) is 17.2. The molecule has 212 valence electrons. The van der Waals surface area contributed by atoms with Crippen molar-refractivity contribution in [3.8, 4) is 0 Å². The molecule has 6 atom stereocenters. The minimum Gasteiger partial charge on any atom is -0.392 e. The van der Waals surface area contributed by atoms with Gasteiger partial charge in [-0.1, -0.05) is 39.0 Å². The maximum atomic E-state index is 13.3. The summed E-state index contributed by atoms with van der Waals surface area (Å²) in [5.74, 6) is 0.355. The van der Waals surface area contributed by atoms with E-state index in [2.05, 4.69) is 19.2 Å². The Hall–Kier alpha value is -1.95. The second-order valence-electron chi connectivity index (χ2n) is 11.5. The molecule has 3 aliphatic rings. The lowest BCUT2D eigenvalue weighted by Crippen LogP contribution is -2.54. The number of nitrogens with one attached hydrogen (secondary N) is 1. The highest BCUT2D eigenvalue weighted by molar-refractivity contribution is 7.99. The second-order valence-corrected chi connectivity index (χ2v) is 15.8. The lowest BCUT2D eigenvalue weighted by atomic mass is 9.53. The van der Waals surface area contributed by atoms with E-state index >= 15 is 0 Å². The van der Waals surface area contributed by atoms with Crippen LogP contribution in [0.5, 0.6) is 0 Å². The van der Waals surface area contributed by atoms with E-state index < -0.39 is 27.6 Å². The standard InChI is InChI=1S/C28H37N3O5S3/c1-17(26(34)31-11-13-37-14-12-31)20-9-10-28(3)15-21-24(18(2)23(28)25(20)33)30-27(38-21)29-22(32)16-39(35,36)19-7-5-4-6-8-19/h4-8,17-18,20,23,25,33H,9-16H2,1-3H3,(H,29,30,32)/t17-,18-,20+,23+,25-,28-/m0/s1. The molecule has 0 spiro atoms. The molecule has 5 rings (SSSR count). The molecule has 2 amide bonds. The van der Waals surface area contributed by atoms with Gasteiger partial charge in [-0.2, -0.15) is 11.8 Å². The Kier molecular flexibility index (Phi) is 8.16. The molecule has 2 aromatic rings. The first kappa shape index (κ1) is 28.6. The van der Waals surface area contributed by atoms with Crippen LogP contribution in [0.1, 0.15) is 50.1 Å². The molecular weight excluding hydrogens is 555 g/mol. The zero-order valence-corrected chi connectivity index (χ0v) is 25.1. The number of carbonyl (C=O) groups excluding carboxylic acids is 2. The van der Waals surface area contributed by atoms with Crippen molar-refractivity contribution in [1.82, 2.24) is 9.88 Å². The third-order valence-corrected chi connectivity index (χ3v) is 12.5. The average Bonchev–Trinajstić information content (AvgIpc) is 3.30. The van der Waals surface area contributed by atoms with Crippen LogP contribution in [0.2, 0.25) is 0 Å². The van der Waals surface area contributed by atoms with Gasteiger partial charge in [0, 0.05) is 41.3 Å². The molecular formula is C28H37N3O5S3. The van der Waals surface area contributed by atoms with E-state index in [1.807, 2.05) is 23.6 Å². The van der Waals surface area contributed by atoms with Crippen LogP contribution in [0.3, 0.4) is 0 Å². The van der Waals surface area contributed by atoms with Gasteiger partial charge in [-0.15, -0.1) is 11.3 Å². The zero-order valence-electron chi connectivity index (χ0n) is 22.6. The summed E-state index contributed by atoms with van der Waals surface area (Å²) in [6, 6.07) is 7.94. The summed E-state index contributed by atoms with van der Waals surface area (Å²) in [7, 11) is -3.76. The number of amides is 2. The van der Waals surface area contributed by atoms with Gasteiger partial charge in [0.2, 0.25) is 11.8 Å². The molecule has 0 unspecified atom stereocenters. The van der Waals surface area contributed by atoms with E-state index in [0.717, 1.165) is 54.4 Å². The molecule has 2 N–H and O–H groups in total. The van der Waals surface area contributed by atoms with Crippen molar-refractivity contribution in [3.05, 3.63) is 40.9 Å². The summed E-state index contributed by atoms with van der Waals surface area (Å²) < 4.78 is 25.3. The fourth-order valence-corrected chi connectivity index (χ4v) is 10.2. The predicted octanol–water partition coefficient (Wildman–Crippen LogP) is 3.82. The van der Waals surface area contributed by atoms with Gasteiger partial charge in [0.1, 0.15) is 5.75 Å². The fraction of sp³-hybridized carbons (Fsp3) is 0.607. The first-order valence-electron chi connectivity index (χ1n) is 13.6. The minimum atomic E-state index is -3.76. The van der Waals surface area contributed by atoms with E-state index in [4.69, 9.17) is 4.98 Å². The Balaban J connectivity index is 1.30. The minimum absolute atomic E-state index is 0.0554. The number of aromatic nitrogens is 1. The summed E-state index contributed by atoms with van der Waals surface area (Å²) in [5, 5.41) is 14.8. The van der Waals surface area contributed by atoms with Crippen molar-refractivity contribution in [2.45, 2.75) is 57.0 Å². The van der Waals surface area contributed by atoms with Crippen LogP contribution in [-0.2, 0) is 25.8 Å². The van der Waals surface area contributed by atoms with Crippen molar-refractivity contribution in [3.63, 3.8) is 0 Å². The first-order chi connectivity index (χ1) is 18.5. The van der Waals surface area contributed by atoms with Gasteiger partial charge in [-0.05, 0) is 48.6 Å². The van der Waals surface area contributed by atoms with E-state index in [1.54, 1.807) is 18.2 Å². The number of hydrogen-bond donors (Lipinski definition) is 2. The van der Waals surface area contributed by atoms with Crippen molar-refractivity contribution in [1.29, 1.82) is 0 Å². The van der Waals surface area contributed by atoms with Crippen LogP contribution in [0, 0.1) is 23.2 Å². The molecule has 1 aliphatic heterocycles. The van der Waals surface area contributed by atoms with Crippen molar-refractivity contribution in [2.75, 3.05) is 35.7 Å². The van der Waals surface area contributed by atoms with Gasteiger partial charge in [-0.3, -0.25) is 9.59 Å². The van der Waals surface area contributed by atoms with Crippen LogP contribution in [-0.4, -0.2) is 71.7 Å². The monoisotopic (exact) mass is 591 g/mol. The summed E-state index contributed by atoms with van der Waals surface area (Å²) in [6.45, 7) is 7.82. The van der Waals surface area contributed by atoms with Crippen molar-refractivity contribution in [2.24, 2.45) is 23.2 Å². The van der Waals surface area contributed by atoms with E-state index in [-0.39, 0.29) is 39.9 Å². The third-order valence-electron chi connectivity index (χ3n) is 8.95. The maximum absolute atomic E-state index is 13.3. The number of hydrogen-bond acceptors (Lipinski definition) is 8. The number of benzene rings is 1. The molecule has 2 aliphatic carbocycles. The van der Waals surface area contributed by atoms with Crippen molar-refractivity contribution < 1.29 is 23.1 Å². The molecule has 11 heteroatoms. The molecule has 0 bridgehead atoms. The summed E-state index contributed by atoms with van der Waals surface area (Å²) >= 11 is 3.27. The number of carbonyl (C=O) groups is 2. The van der Waals surface area contributed by atoms with Gasteiger partial charge in [-0.25, -0.2) is 13.4 Å². The molecule has 0 radical (unpaired) electrons. The molecule has 1 aromatic heterocycles. The molecule has 1 saturated heterocycles. The predicted molar refractivity (Wildman–Crippen MR) is 155 cm³/mol. The number of thioether (sulfide) groups is 1. The molecule has 2 heterocycles. The Morgan fingerprint density at radius 2 is 1.92 bits per heavy atom. The van der Waals surface area contributed by atoms with E-state index in [9.17, 15) is 23.1 Å². The number of aliphatic hydroxyl groups excluding tert-OH is 1. The van der Waals surface area contributed by atoms with Crippen LogP contribution in [0.15, 0.2) is 35.2 Å². The smallest absolute Gasteiger partial charge is 0.241 e. The highest BCUT2D eigenvalue weighted by Gasteiger charge is 2.54. The van der Waals surface area contributed by atoms with Gasteiger partial charge >= 0.3 is 0 Å². The topological polar surface area (TPSA) is 117 Å². The Morgan fingerprint density at radius 3 is 2.62 bits per heavy atom. The lowest BCUT2D eigenvalue weighted by Gasteiger charge is -2.53. The second kappa shape index (κ2) is 11.1. The normalized spacial score (nSPS) is 29.7. The molecule has 8 nitrogen and oxygen atoms in total. The number of fused-ring (bicyclic) bond motifs is 2. The van der Waals surface area contributed by atoms with E-state index in [0.29, 0.717) is 5.13 Å². The Morgan fingerprint density at radius 1 is 1.23 bits per heavy atom. The van der Waals surface area contributed by atoms with Gasteiger partial charge in [0.15, 0.2) is 15.0 Å². The molecule has 2 fully saturated rings. The van der Waals surface area contributed by atoms with Gasteiger partial charge < -0.3 is 15.3 Å². The average molecular weight is 592 g/mol. The number of rotatable bonds is 6. The third kappa shape index (κ3) is 5.64. The number of nitrogens with zero attached hydrogens (tertiary/aromatic N) is 2. The quantitative estimate of drug-likeness (QED) is 0.525. The Bertz CT molecular complexity index is 1330. The largest absolute Gasteiger partial charge is 0.392 e. The highest BCUT2D eigenvalue weighted by atomic mass is 32.2. The lowest BCUT2D eigenvalue weighted by molar-refractivity contribution is -0.144. The van der Waals surface area contributed by atoms with Crippen LogP contribution in [0.4, 0.5) is 5.13 Å². The number of anilines is 1. The fourth-order valence-electron chi connectivity index (χ4n) is 6.89. The summed E-state index contributed by atoms with van der Waals surface area (Å²) in [6.07, 6.45) is 1.82. The Labute approximate surface area is 238 Å². The summed E-state index contributed by atoms with van der Waals surface area (Å²) in [4.78, 5) is 33.8. The van der Waals surface area contributed by atoms with Crippen LogP contribution in [0.25, 0.3) is 0 Å². The van der Waals surface area contributed by atoms with Crippen LogP contribution < -0.4 is 5.32 Å². The number of sulfone groups is 1. The molecule has 39 heavy (non-hydrogen) atoms. The summed E-state index contributed by atoms with van der Waals surface area (Å²) in [5.41, 5.74) is 0.715. The molecule has 1 saturated carbocycles. The zero-order chi connectivity index (χ0) is 27.9. The molecule has 1 aromatic carbocycles. The highest BCUT2D eigenvalue weighted by Crippen LogP contribution is 2.57. The number of thiazole rings is 1. The van der Waals surface area contributed by atoms with E-state index in [1.165, 1.54) is 23.5 Å². The SMILES string of the molecule is C[C@H](C(=O)N1CCSCC1)[C@H]1CC[C@@]2(C)Cc3sc(NC(=O)CS(=O)(=O)c4ccccc4)nc3[C@@H](C)[C@@H]2[C@H]1O. The number of aliphatic hydroxyl groups is 1.